The van der Waals surface area contributed by atoms with Crippen molar-refractivity contribution in [2.75, 3.05) is 5.75 Å². The average molecular weight is 215 g/mol. The summed E-state index contributed by atoms with van der Waals surface area (Å²) in [5.74, 6) is 0.620. The van der Waals surface area contributed by atoms with Crippen LogP contribution >= 0.6 is 12.6 Å². The maximum atomic E-state index is 11.1. The summed E-state index contributed by atoms with van der Waals surface area (Å²) in [5.41, 5.74) is -0.652. The minimum absolute atomic E-state index is 0.177. The third kappa shape index (κ3) is 2.56. The van der Waals surface area contributed by atoms with E-state index in [0.29, 0.717) is 18.7 Å². The normalized spacial score (nSPS) is 10.1. The van der Waals surface area contributed by atoms with Crippen LogP contribution in [0.3, 0.4) is 0 Å². The number of nitrogens with zero attached hydrogens (tertiary/aromatic N) is 3. The summed E-state index contributed by atoms with van der Waals surface area (Å²) >= 11 is 3.98. The van der Waals surface area contributed by atoms with Gasteiger partial charge in [-0.15, -0.1) is 0 Å². The number of hydrogen-bond acceptors (Lipinski definition) is 5. The lowest BCUT2D eigenvalue weighted by atomic mass is 10.4. The van der Waals surface area contributed by atoms with E-state index in [-0.39, 0.29) is 5.69 Å². The van der Waals surface area contributed by atoms with Crippen LogP contribution in [0.2, 0.25) is 0 Å². The Balaban J connectivity index is 2.96. The molecular formula is C7H9N3O3S. The van der Waals surface area contributed by atoms with E-state index in [1.54, 1.807) is 0 Å². The number of aryl methyl sites for hydroxylation is 1. The van der Waals surface area contributed by atoms with Crippen molar-refractivity contribution in [2.24, 2.45) is 0 Å². The predicted octanol–water partition coefficient (Wildman–Crippen LogP) is 0.471. The van der Waals surface area contributed by atoms with Crippen molar-refractivity contribution in [3.05, 3.63) is 33.0 Å². The molecule has 0 saturated heterocycles. The first-order chi connectivity index (χ1) is 6.65. The second-order valence-electron chi connectivity index (χ2n) is 2.62. The Morgan fingerprint density at radius 1 is 1.64 bits per heavy atom. The molecule has 6 nitrogen and oxygen atoms in total. The van der Waals surface area contributed by atoms with Gasteiger partial charge in [0.15, 0.2) is 0 Å². The lowest BCUT2D eigenvalue weighted by Gasteiger charge is -2.01. The summed E-state index contributed by atoms with van der Waals surface area (Å²) in [4.78, 5) is 24.3. The molecule has 0 aliphatic heterocycles. The molecule has 0 spiro atoms. The van der Waals surface area contributed by atoms with Crippen molar-refractivity contribution < 1.29 is 4.92 Å². The van der Waals surface area contributed by atoms with Gasteiger partial charge in [-0.25, -0.2) is 4.79 Å². The van der Waals surface area contributed by atoms with E-state index in [4.69, 9.17) is 0 Å². The predicted molar refractivity (Wildman–Crippen MR) is 53.6 cm³/mol. The van der Waals surface area contributed by atoms with Crippen molar-refractivity contribution in [2.45, 2.75) is 13.0 Å². The van der Waals surface area contributed by atoms with Crippen LogP contribution in [0.1, 0.15) is 6.42 Å². The van der Waals surface area contributed by atoms with Crippen LogP contribution < -0.4 is 5.69 Å². The van der Waals surface area contributed by atoms with Crippen LogP contribution in [0.25, 0.3) is 0 Å². The molecular weight excluding hydrogens is 206 g/mol. The topological polar surface area (TPSA) is 78.0 Å². The first-order valence-corrected chi connectivity index (χ1v) is 4.60. The van der Waals surface area contributed by atoms with Gasteiger partial charge >= 0.3 is 11.4 Å². The number of rotatable bonds is 4. The van der Waals surface area contributed by atoms with E-state index in [2.05, 4.69) is 17.6 Å². The Labute approximate surface area is 85.1 Å². The van der Waals surface area contributed by atoms with Gasteiger partial charge in [-0.1, -0.05) is 0 Å². The highest BCUT2D eigenvalue weighted by Gasteiger charge is 2.07. The maximum absolute atomic E-state index is 11.1. The Bertz CT molecular complexity index is 390. The van der Waals surface area contributed by atoms with E-state index in [9.17, 15) is 14.9 Å². The third-order valence-corrected chi connectivity index (χ3v) is 1.93. The van der Waals surface area contributed by atoms with Crippen LogP contribution in [0.5, 0.6) is 0 Å². The molecule has 0 atom stereocenters. The van der Waals surface area contributed by atoms with Gasteiger partial charge in [0.05, 0.1) is 11.1 Å². The Kier molecular flexibility index (Phi) is 3.63. The standard InChI is InChI=1S/C7H9N3O3S/c11-7-8-4-6(10(12)13)5-9(7)2-1-3-14/h4-5,14H,1-3H2. The Morgan fingerprint density at radius 2 is 2.36 bits per heavy atom. The fourth-order valence-electron chi connectivity index (χ4n) is 0.939. The second-order valence-corrected chi connectivity index (χ2v) is 3.07. The molecule has 0 N–H and O–H groups in total. The summed E-state index contributed by atoms with van der Waals surface area (Å²) in [5, 5.41) is 10.4. The summed E-state index contributed by atoms with van der Waals surface area (Å²) < 4.78 is 1.22. The highest BCUT2D eigenvalue weighted by Crippen LogP contribution is 2.04. The minimum Gasteiger partial charge on any atom is -0.292 e. The maximum Gasteiger partial charge on any atom is 0.347 e. The van der Waals surface area contributed by atoms with E-state index >= 15 is 0 Å². The van der Waals surface area contributed by atoms with Crippen molar-refractivity contribution in [3.8, 4) is 0 Å². The van der Waals surface area contributed by atoms with Crippen molar-refractivity contribution in [1.82, 2.24) is 9.55 Å². The second kappa shape index (κ2) is 4.75. The molecule has 0 saturated carbocycles. The molecule has 0 bridgehead atoms. The number of thiol groups is 1. The molecule has 1 rings (SSSR count). The highest BCUT2D eigenvalue weighted by atomic mass is 32.1. The third-order valence-electron chi connectivity index (χ3n) is 1.61. The SMILES string of the molecule is O=c1ncc([N+](=O)[O-])cn1CCCS. The van der Waals surface area contributed by atoms with E-state index in [1.807, 2.05) is 0 Å². The monoisotopic (exact) mass is 215 g/mol. The molecule has 1 heterocycles. The number of aromatic nitrogens is 2. The van der Waals surface area contributed by atoms with Crippen LogP contribution in [0.4, 0.5) is 5.69 Å². The molecule has 1 aromatic heterocycles. The van der Waals surface area contributed by atoms with Crippen LogP contribution in [0.15, 0.2) is 17.2 Å². The highest BCUT2D eigenvalue weighted by molar-refractivity contribution is 7.80. The van der Waals surface area contributed by atoms with Crippen molar-refractivity contribution in [3.63, 3.8) is 0 Å². The number of nitro groups is 1. The van der Waals surface area contributed by atoms with E-state index in [1.165, 1.54) is 10.8 Å². The van der Waals surface area contributed by atoms with Crippen molar-refractivity contribution in [1.29, 1.82) is 0 Å². The first kappa shape index (κ1) is 10.7. The zero-order valence-corrected chi connectivity index (χ0v) is 8.18. The van der Waals surface area contributed by atoms with Crippen LogP contribution in [-0.2, 0) is 6.54 Å². The summed E-state index contributed by atoms with van der Waals surface area (Å²) in [6.45, 7) is 0.400. The number of hydrogen-bond donors (Lipinski definition) is 1. The quantitative estimate of drug-likeness (QED) is 0.450. The van der Waals surface area contributed by atoms with E-state index in [0.717, 1.165) is 6.20 Å². The molecule has 0 fully saturated rings. The lowest BCUT2D eigenvalue weighted by Crippen LogP contribution is -2.22. The molecule has 7 heteroatoms. The largest absolute Gasteiger partial charge is 0.347 e. The van der Waals surface area contributed by atoms with Gasteiger partial charge in [-0.3, -0.25) is 14.7 Å². The molecule has 0 amide bonds. The van der Waals surface area contributed by atoms with Gasteiger partial charge in [0, 0.05) is 6.54 Å². The fourth-order valence-corrected chi connectivity index (χ4v) is 1.08. The molecule has 76 valence electrons. The van der Waals surface area contributed by atoms with E-state index < -0.39 is 10.6 Å². The van der Waals surface area contributed by atoms with Gasteiger partial charge in [0.25, 0.3) is 0 Å². The Hall–Kier alpha value is -1.37. The van der Waals surface area contributed by atoms with Crippen LogP contribution in [0, 0.1) is 10.1 Å². The molecule has 0 aliphatic carbocycles. The fraction of sp³-hybridized carbons (Fsp3) is 0.429. The minimum atomic E-state index is -0.580. The zero-order chi connectivity index (χ0) is 10.6. The zero-order valence-electron chi connectivity index (χ0n) is 7.29. The molecule has 0 radical (unpaired) electrons. The van der Waals surface area contributed by atoms with Gasteiger partial charge in [0.2, 0.25) is 0 Å². The molecule has 0 unspecified atom stereocenters. The van der Waals surface area contributed by atoms with Crippen LogP contribution in [-0.4, -0.2) is 20.2 Å². The molecule has 14 heavy (non-hydrogen) atoms. The first-order valence-electron chi connectivity index (χ1n) is 3.97. The average Bonchev–Trinajstić information content (AvgIpc) is 2.16. The smallest absolute Gasteiger partial charge is 0.292 e. The molecule has 0 aliphatic rings. The van der Waals surface area contributed by atoms with Gasteiger partial charge in [-0.2, -0.15) is 17.6 Å². The molecule has 1 aromatic rings. The summed E-state index contributed by atoms with van der Waals surface area (Å²) in [6.07, 6.45) is 2.82. The summed E-state index contributed by atoms with van der Waals surface area (Å²) in [7, 11) is 0. The Morgan fingerprint density at radius 3 is 2.93 bits per heavy atom. The molecule has 0 aromatic carbocycles. The van der Waals surface area contributed by atoms with Crippen molar-refractivity contribution >= 4 is 18.3 Å². The summed E-state index contributed by atoms with van der Waals surface area (Å²) in [6, 6.07) is 0. The lowest BCUT2D eigenvalue weighted by molar-refractivity contribution is -0.385. The van der Waals surface area contributed by atoms with Gasteiger partial charge < -0.3 is 0 Å². The van der Waals surface area contributed by atoms with Gasteiger partial charge in [-0.05, 0) is 12.2 Å². The van der Waals surface area contributed by atoms with Gasteiger partial charge in [0.1, 0.15) is 6.20 Å².